The highest BCUT2D eigenvalue weighted by Crippen LogP contribution is 2.26. The quantitative estimate of drug-likeness (QED) is 0.673. The smallest absolute Gasteiger partial charge is 0.250 e. The van der Waals surface area contributed by atoms with Crippen LogP contribution in [0.2, 0.25) is 0 Å². The van der Waals surface area contributed by atoms with Crippen molar-refractivity contribution < 1.29 is 22.7 Å². The van der Waals surface area contributed by atoms with Gasteiger partial charge in [-0.3, -0.25) is 4.79 Å². The predicted octanol–water partition coefficient (Wildman–Crippen LogP) is 1.28. The van der Waals surface area contributed by atoms with Crippen LogP contribution in [0.4, 0.5) is 11.4 Å². The zero-order chi connectivity index (χ0) is 20.0. The minimum atomic E-state index is -3.41. The lowest BCUT2D eigenvalue weighted by molar-refractivity contribution is -0.119. The summed E-state index contributed by atoms with van der Waals surface area (Å²) in [6, 6.07) is 5.46. The molecule has 9 heteroatoms. The van der Waals surface area contributed by atoms with Crippen LogP contribution in [0.5, 0.6) is 0 Å². The molecule has 1 aliphatic heterocycles. The van der Waals surface area contributed by atoms with Crippen LogP contribution < -0.4 is 10.2 Å². The van der Waals surface area contributed by atoms with Gasteiger partial charge in [-0.2, -0.15) is 4.31 Å². The van der Waals surface area contributed by atoms with Gasteiger partial charge in [-0.15, -0.1) is 0 Å². The van der Waals surface area contributed by atoms with E-state index in [2.05, 4.69) is 5.32 Å². The topological polar surface area (TPSA) is 88.2 Å². The highest BCUT2D eigenvalue weighted by atomic mass is 32.2. The zero-order valence-electron chi connectivity index (χ0n) is 16.4. The van der Waals surface area contributed by atoms with Gasteiger partial charge in [0, 0.05) is 52.3 Å². The standard InChI is InChI=1S/C18H29N3O5S/c1-20(2)17-8-7-15(19-18(22)13-25-3)10-14(17)11-21(27(4,23)24)12-16-6-5-9-26-16/h7-8,10,16H,5-6,9,11-13H2,1-4H3,(H,19,22)/t16-/m1/s1. The number of carbonyl (C=O) groups is 1. The van der Waals surface area contributed by atoms with E-state index in [1.807, 2.05) is 25.1 Å². The van der Waals surface area contributed by atoms with E-state index < -0.39 is 10.0 Å². The second-order valence-corrected chi connectivity index (χ2v) is 8.89. The molecule has 1 saturated heterocycles. The van der Waals surface area contributed by atoms with Gasteiger partial charge < -0.3 is 19.7 Å². The molecule has 1 aromatic carbocycles. The lowest BCUT2D eigenvalue weighted by Crippen LogP contribution is -2.36. The third kappa shape index (κ3) is 6.46. The van der Waals surface area contributed by atoms with Gasteiger partial charge >= 0.3 is 0 Å². The molecule has 1 fully saturated rings. The highest BCUT2D eigenvalue weighted by Gasteiger charge is 2.26. The molecule has 0 aliphatic carbocycles. The number of carbonyl (C=O) groups excluding carboxylic acids is 1. The van der Waals surface area contributed by atoms with Crippen molar-refractivity contribution >= 4 is 27.3 Å². The molecule has 0 aromatic heterocycles. The molecule has 27 heavy (non-hydrogen) atoms. The molecule has 1 aliphatic rings. The molecule has 1 amide bonds. The second-order valence-electron chi connectivity index (χ2n) is 6.91. The molecule has 0 bridgehead atoms. The molecule has 0 unspecified atom stereocenters. The summed E-state index contributed by atoms with van der Waals surface area (Å²) in [5.74, 6) is -0.264. The Labute approximate surface area is 161 Å². The van der Waals surface area contributed by atoms with Gasteiger partial charge in [0.05, 0.1) is 12.4 Å². The lowest BCUT2D eigenvalue weighted by atomic mass is 10.1. The predicted molar refractivity (Wildman–Crippen MR) is 106 cm³/mol. The van der Waals surface area contributed by atoms with Gasteiger partial charge in [0.25, 0.3) is 0 Å². The molecule has 1 heterocycles. The molecule has 1 aromatic rings. The van der Waals surface area contributed by atoms with E-state index in [1.165, 1.54) is 17.7 Å². The number of benzene rings is 1. The van der Waals surface area contributed by atoms with Gasteiger partial charge in [-0.1, -0.05) is 0 Å². The van der Waals surface area contributed by atoms with E-state index in [9.17, 15) is 13.2 Å². The monoisotopic (exact) mass is 399 g/mol. The fourth-order valence-electron chi connectivity index (χ4n) is 3.08. The van der Waals surface area contributed by atoms with Gasteiger partial charge in [0.1, 0.15) is 6.61 Å². The number of methoxy groups -OCH3 is 1. The van der Waals surface area contributed by atoms with Crippen molar-refractivity contribution in [1.82, 2.24) is 4.31 Å². The number of sulfonamides is 1. The van der Waals surface area contributed by atoms with Crippen LogP contribution >= 0.6 is 0 Å². The van der Waals surface area contributed by atoms with Crippen molar-refractivity contribution in [2.24, 2.45) is 0 Å². The minimum Gasteiger partial charge on any atom is -0.377 e. The third-order valence-corrected chi connectivity index (χ3v) is 5.58. The average Bonchev–Trinajstić information content (AvgIpc) is 3.06. The number of nitrogens with one attached hydrogen (secondary N) is 1. The Morgan fingerprint density at radius 1 is 1.37 bits per heavy atom. The molecular formula is C18H29N3O5S. The molecule has 1 atom stereocenters. The molecule has 2 rings (SSSR count). The molecule has 0 saturated carbocycles. The summed E-state index contributed by atoms with van der Waals surface area (Å²) in [6.45, 7) is 1.16. The molecular weight excluding hydrogens is 370 g/mol. The first-order valence-corrected chi connectivity index (χ1v) is 10.7. The summed E-state index contributed by atoms with van der Waals surface area (Å²) < 4.78 is 36.5. The number of rotatable bonds is 9. The molecule has 0 radical (unpaired) electrons. The van der Waals surface area contributed by atoms with E-state index in [0.717, 1.165) is 24.1 Å². The second kappa shape index (κ2) is 9.50. The van der Waals surface area contributed by atoms with E-state index >= 15 is 0 Å². The third-order valence-electron chi connectivity index (χ3n) is 4.37. The van der Waals surface area contributed by atoms with Crippen LogP contribution in [-0.2, 0) is 30.8 Å². The van der Waals surface area contributed by atoms with Crippen LogP contribution in [-0.4, -0.2) is 72.0 Å². The molecule has 8 nitrogen and oxygen atoms in total. The number of hydrogen-bond acceptors (Lipinski definition) is 6. The van der Waals surface area contributed by atoms with Gasteiger partial charge in [-0.05, 0) is 36.6 Å². The average molecular weight is 400 g/mol. The first kappa shape index (κ1) is 21.6. The van der Waals surface area contributed by atoms with Gasteiger partial charge in [-0.25, -0.2) is 8.42 Å². The van der Waals surface area contributed by atoms with Crippen LogP contribution in [0.25, 0.3) is 0 Å². The van der Waals surface area contributed by atoms with Gasteiger partial charge in [0.15, 0.2) is 0 Å². The summed E-state index contributed by atoms with van der Waals surface area (Å²) in [5.41, 5.74) is 2.29. The van der Waals surface area contributed by atoms with E-state index in [1.54, 1.807) is 12.1 Å². The van der Waals surface area contributed by atoms with Crippen molar-refractivity contribution in [2.45, 2.75) is 25.5 Å². The van der Waals surface area contributed by atoms with Crippen molar-refractivity contribution in [3.63, 3.8) is 0 Å². The van der Waals surface area contributed by atoms with E-state index in [0.29, 0.717) is 18.8 Å². The van der Waals surface area contributed by atoms with E-state index in [-0.39, 0.29) is 25.2 Å². The van der Waals surface area contributed by atoms with Crippen LogP contribution in [0.15, 0.2) is 18.2 Å². The Morgan fingerprint density at radius 3 is 2.67 bits per heavy atom. The molecule has 1 N–H and O–H groups in total. The summed E-state index contributed by atoms with van der Waals surface area (Å²) in [5, 5.41) is 2.76. The number of amides is 1. The number of ether oxygens (including phenoxy) is 2. The Kier molecular flexibility index (Phi) is 7.60. The Bertz CT molecular complexity index is 745. The van der Waals surface area contributed by atoms with Crippen molar-refractivity contribution in [2.75, 3.05) is 57.4 Å². The van der Waals surface area contributed by atoms with Crippen molar-refractivity contribution in [3.8, 4) is 0 Å². The SMILES string of the molecule is COCC(=O)Nc1ccc(N(C)C)c(CN(C[C@H]2CCCO2)S(C)(=O)=O)c1. The van der Waals surface area contributed by atoms with Crippen LogP contribution in [0.1, 0.15) is 18.4 Å². The maximum atomic E-state index is 12.3. The number of nitrogens with zero attached hydrogens (tertiary/aromatic N) is 2. The Balaban J connectivity index is 2.26. The Morgan fingerprint density at radius 2 is 2.11 bits per heavy atom. The highest BCUT2D eigenvalue weighted by molar-refractivity contribution is 7.88. The van der Waals surface area contributed by atoms with Crippen molar-refractivity contribution in [3.05, 3.63) is 23.8 Å². The first-order chi connectivity index (χ1) is 12.7. The molecule has 152 valence electrons. The summed E-state index contributed by atoms with van der Waals surface area (Å²) in [4.78, 5) is 13.7. The number of hydrogen-bond donors (Lipinski definition) is 1. The fourth-order valence-corrected chi connectivity index (χ4v) is 3.89. The molecule has 0 spiro atoms. The largest absolute Gasteiger partial charge is 0.377 e. The summed E-state index contributed by atoms with van der Waals surface area (Å²) in [7, 11) is 1.83. The van der Waals surface area contributed by atoms with Gasteiger partial charge in [0.2, 0.25) is 15.9 Å². The number of anilines is 2. The Hall–Kier alpha value is -1.68. The normalized spacial score (nSPS) is 17.3. The summed E-state index contributed by atoms with van der Waals surface area (Å²) >= 11 is 0. The van der Waals surface area contributed by atoms with Crippen LogP contribution in [0.3, 0.4) is 0 Å². The zero-order valence-corrected chi connectivity index (χ0v) is 17.2. The lowest BCUT2D eigenvalue weighted by Gasteiger charge is -2.26. The summed E-state index contributed by atoms with van der Waals surface area (Å²) in [6.07, 6.45) is 2.94. The van der Waals surface area contributed by atoms with Crippen molar-refractivity contribution in [1.29, 1.82) is 0 Å². The first-order valence-electron chi connectivity index (χ1n) is 8.86. The maximum absolute atomic E-state index is 12.3. The van der Waals surface area contributed by atoms with Crippen LogP contribution in [0, 0.1) is 0 Å². The fraction of sp³-hybridized carbons (Fsp3) is 0.611. The maximum Gasteiger partial charge on any atom is 0.250 e. The van der Waals surface area contributed by atoms with E-state index in [4.69, 9.17) is 9.47 Å². The minimum absolute atomic E-state index is 0.0424.